The van der Waals surface area contributed by atoms with Crippen molar-refractivity contribution in [2.45, 2.75) is 12.1 Å². The molecule has 2 aromatic heterocycles. The van der Waals surface area contributed by atoms with Crippen LogP contribution < -0.4 is 15.5 Å². The van der Waals surface area contributed by atoms with Crippen molar-refractivity contribution in [2.75, 3.05) is 23.9 Å². The number of carboxylic acids is 2. The van der Waals surface area contributed by atoms with E-state index in [2.05, 4.69) is 15.6 Å². The highest BCUT2D eigenvalue weighted by molar-refractivity contribution is 7.80. The fourth-order valence-electron chi connectivity index (χ4n) is 4.68. The van der Waals surface area contributed by atoms with Crippen molar-refractivity contribution >= 4 is 58.2 Å². The van der Waals surface area contributed by atoms with Crippen molar-refractivity contribution in [2.24, 2.45) is 0 Å². The highest BCUT2D eigenvalue weighted by Crippen LogP contribution is 2.44. The molecule has 5 rings (SSSR count). The molecule has 0 radical (unpaired) electrons. The second-order valence-corrected chi connectivity index (χ2v) is 10.0. The molecular formula is C29H23ClN4O7S. The number of anilines is 2. The van der Waals surface area contributed by atoms with Gasteiger partial charge < -0.3 is 34.9 Å². The first kappa shape index (κ1) is 28.7. The Hall–Kier alpha value is -4.78. The summed E-state index contributed by atoms with van der Waals surface area (Å²) < 4.78 is 11.1. The fraction of sp³-hybridized carbons (Fsp3) is 0.138. The van der Waals surface area contributed by atoms with Crippen LogP contribution in [0.5, 0.6) is 0 Å². The number of carbonyl (C=O) groups is 3. The van der Waals surface area contributed by atoms with E-state index in [4.69, 9.17) is 33.0 Å². The van der Waals surface area contributed by atoms with Gasteiger partial charge in [-0.15, -0.1) is 0 Å². The number of nitrogens with one attached hydrogen (secondary N) is 2. The number of carbonyl (C=O) groups excluding carboxylic acids is 1. The number of methoxy groups -OCH3 is 1. The van der Waals surface area contributed by atoms with Gasteiger partial charge in [0.2, 0.25) is 5.91 Å². The van der Waals surface area contributed by atoms with Crippen molar-refractivity contribution < 1.29 is 33.8 Å². The number of hydrogen-bond acceptors (Lipinski definition) is 7. The molecule has 4 aromatic rings. The lowest BCUT2D eigenvalue weighted by Gasteiger charge is -2.26. The second-order valence-electron chi connectivity index (χ2n) is 9.25. The Labute approximate surface area is 249 Å². The molecule has 1 fully saturated rings. The molecule has 2 aromatic carbocycles. The van der Waals surface area contributed by atoms with Gasteiger partial charge in [0.15, 0.2) is 5.11 Å². The zero-order valence-electron chi connectivity index (χ0n) is 21.9. The number of halogens is 1. The smallest absolute Gasteiger partial charge is 0.335 e. The Morgan fingerprint density at radius 2 is 1.81 bits per heavy atom. The van der Waals surface area contributed by atoms with Gasteiger partial charge in [-0.25, -0.2) is 9.59 Å². The lowest BCUT2D eigenvalue weighted by molar-refractivity contribution is -0.119. The van der Waals surface area contributed by atoms with Crippen LogP contribution in [0.3, 0.4) is 0 Å². The monoisotopic (exact) mass is 606 g/mol. The average molecular weight is 607 g/mol. The second kappa shape index (κ2) is 12.0. The number of furan rings is 1. The molecule has 2 atom stereocenters. The van der Waals surface area contributed by atoms with Gasteiger partial charge in [-0.1, -0.05) is 17.7 Å². The van der Waals surface area contributed by atoms with Gasteiger partial charge in [0.1, 0.15) is 24.2 Å². The summed E-state index contributed by atoms with van der Waals surface area (Å²) in [5.74, 6) is -2.19. The van der Waals surface area contributed by atoms with E-state index in [9.17, 15) is 24.6 Å². The quantitative estimate of drug-likeness (QED) is 0.187. The van der Waals surface area contributed by atoms with Crippen molar-refractivity contribution in [3.05, 3.63) is 101 Å². The number of carboxylic acid groups (broad SMARTS) is 2. The number of hydrogen-bond donors (Lipinski definition) is 4. The number of pyridine rings is 1. The normalized spacial score (nSPS) is 16.2. The van der Waals surface area contributed by atoms with Crippen LogP contribution in [0, 0.1) is 0 Å². The number of amides is 1. The third kappa shape index (κ3) is 5.81. The summed E-state index contributed by atoms with van der Waals surface area (Å²) in [7, 11) is 1.41. The molecule has 11 nitrogen and oxygen atoms in total. The number of rotatable bonds is 9. The number of aromatic carboxylic acids is 2. The van der Waals surface area contributed by atoms with Crippen LogP contribution in [-0.4, -0.2) is 51.9 Å². The minimum absolute atomic E-state index is 0.129. The minimum Gasteiger partial charge on any atom is -0.478 e. The summed E-state index contributed by atoms with van der Waals surface area (Å²) >= 11 is 12.3. The summed E-state index contributed by atoms with van der Waals surface area (Å²) in [4.78, 5) is 41.6. The van der Waals surface area contributed by atoms with Crippen LogP contribution in [0.2, 0.25) is 5.02 Å². The van der Waals surface area contributed by atoms with E-state index in [1.165, 1.54) is 19.2 Å². The molecule has 0 bridgehead atoms. The van der Waals surface area contributed by atoms with E-state index in [1.54, 1.807) is 47.5 Å². The highest BCUT2D eigenvalue weighted by atomic mass is 35.5. The lowest BCUT2D eigenvalue weighted by Crippen LogP contribution is -2.29. The molecule has 1 saturated heterocycles. The van der Waals surface area contributed by atoms with E-state index in [0.717, 1.165) is 6.07 Å². The number of benzene rings is 2. The van der Waals surface area contributed by atoms with Gasteiger partial charge in [0.25, 0.3) is 0 Å². The lowest BCUT2D eigenvalue weighted by atomic mass is 10.0. The molecule has 42 heavy (non-hydrogen) atoms. The molecule has 1 aliphatic heterocycles. The number of nitrogens with zero attached hydrogens (tertiary/aromatic N) is 2. The van der Waals surface area contributed by atoms with Gasteiger partial charge in [0.05, 0.1) is 33.6 Å². The van der Waals surface area contributed by atoms with E-state index in [-0.39, 0.29) is 40.0 Å². The number of ether oxygens (including phenoxy) is 1. The Balaban J connectivity index is 1.57. The molecule has 0 aliphatic carbocycles. The Morgan fingerprint density at radius 1 is 1.07 bits per heavy atom. The maximum absolute atomic E-state index is 12.0. The minimum atomic E-state index is -1.27. The molecule has 13 heteroatoms. The molecule has 0 saturated carbocycles. The predicted octanol–water partition coefficient (Wildman–Crippen LogP) is 5.15. The Morgan fingerprint density at radius 3 is 2.43 bits per heavy atom. The molecule has 0 unspecified atom stereocenters. The first-order chi connectivity index (χ1) is 20.2. The topological polar surface area (TPSA) is 154 Å². The van der Waals surface area contributed by atoms with E-state index in [1.807, 2.05) is 12.1 Å². The van der Waals surface area contributed by atoms with Crippen LogP contribution in [0.4, 0.5) is 11.4 Å². The SMILES string of the molecule is COCC(=O)Nc1ccc(N2C(=S)N[C@H](c3ccccn3)[C@H]2c2ccc(-c3cc(C(=O)O)cc(C(=O)O)c3)o2)cc1Cl. The summed E-state index contributed by atoms with van der Waals surface area (Å²) in [6.45, 7) is -0.129. The summed E-state index contributed by atoms with van der Waals surface area (Å²) in [5.41, 5.74) is 1.59. The molecule has 4 N–H and O–H groups in total. The standard InChI is InChI=1S/C29H23ClN4O7S/c1-40-14-24(35)32-20-6-5-18(13-19(20)30)34-26(25(33-29(34)42)21-4-2-3-9-31-21)23-8-7-22(41-23)15-10-16(27(36)37)12-17(11-15)28(38)39/h2-13,25-26H,14H2,1H3,(H,32,35)(H,33,42)(H,36,37)(H,38,39)/t25-,26-/m1/s1. The highest BCUT2D eigenvalue weighted by Gasteiger charge is 2.42. The third-order valence-corrected chi connectivity index (χ3v) is 7.14. The fourth-order valence-corrected chi connectivity index (χ4v) is 5.25. The van der Waals surface area contributed by atoms with Crippen molar-refractivity contribution in [1.82, 2.24) is 10.3 Å². The van der Waals surface area contributed by atoms with E-state index < -0.39 is 24.0 Å². The first-order valence-corrected chi connectivity index (χ1v) is 13.3. The molecule has 1 aliphatic rings. The molecular weight excluding hydrogens is 584 g/mol. The van der Waals surface area contributed by atoms with Gasteiger partial charge in [-0.2, -0.15) is 0 Å². The Bertz CT molecular complexity index is 1660. The first-order valence-electron chi connectivity index (χ1n) is 12.5. The molecule has 1 amide bonds. The Kier molecular flexibility index (Phi) is 8.20. The van der Waals surface area contributed by atoms with Crippen LogP contribution in [-0.2, 0) is 9.53 Å². The van der Waals surface area contributed by atoms with Gasteiger partial charge >= 0.3 is 11.9 Å². The summed E-state index contributed by atoms with van der Waals surface area (Å²) in [5, 5.41) is 25.6. The third-order valence-electron chi connectivity index (χ3n) is 6.51. The maximum atomic E-state index is 12.0. The van der Waals surface area contributed by atoms with Gasteiger partial charge in [-0.05, 0) is 72.9 Å². The average Bonchev–Trinajstić information content (AvgIpc) is 3.59. The zero-order chi connectivity index (χ0) is 30.0. The predicted molar refractivity (Wildman–Crippen MR) is 158 cm³/mol. The van der Waals surface area contributed by atoms with Crippen LogP contribution in [0.15, 0.2) is 77.3 Å². The van der Waals surface area contributed by atoms with Crippen molar-refractivity contribution in [3.8, 4) is 11.3 Å². The number of aromatic nitrogens is 1. The zero-order valence-corrected chi connectivity index (χ0v) is 23.5. The van der Waals surface area contributed by atoms with Crippen LogP contribution >= 0.6 is 23.8 Å². The molecule has 0 spiro atoms. The van der Waals surface area contributed by atoms with Crippen molar-refractivity contribution in [1.29, 1.82) is 0 Å². The summed E-state index contributed by atoms with van der Waals surface area (Å²) in [6.07, 6.45) is 1.66. The van der Waals surface area contributed by atoms with Crippen molar-refractivity contribution in [3.63, 3.8) is 0 Å². The maximum Gasteiger partial charge on any atom is 0.335 e. The van der Waals surface area contributed by atoms with Crippen LogP contribution in [0.25, 0.3) is 11.3 Å². The van der Waals surface area contributed by atoms with Crippen LogP contribution in [0.1, 0.15) is 44.3 Å². The molecule has 214 valence electrons. The molecule has 3 heterocycles. The van der Waals surface area contributed by atoms with Gasteiger partial charge in [0, 0.05) is 24.6 Å². The van der Waals surface area contributed by atoms with E-state index in [0.29, 0.717) is 27.9 Å². The largest absolute Gasteiger partial charge is 0.478 e. The summed E-state index contributed by atoms with van der Waals surface area (Å²) in [6, 6.07) is 16.6. The number of thiocarbonyl (C=S) groups is 1. The van der Waals surface area contributed by atoms with E-state index >= 15 is 0 Å². The van der Waals surface area contributed by atoms with Gasteiger partial charge in [-0.3, -0.25) is 9.78 Å².